The molecule has 1 aliphatic rings. The lowest BCUT2D eigenvalue weighted by atomic mass is 10.0. The second kappa shape index (κ2) is 8.69. The Kier molecular flexibility index (Phi) is 6.09. The van der Waals surface area contributed by atoms with Crippen molar-refractivity contribution in [3.05, 3.63) is 70.8 Å². The Labute approximate surface area is 164 Å². The lowest BCUT2D eigenvalue weighted by Crippen LogP contribution is -2.47. The quantitative estimate of drug-likeness (QED) is 0.835. The third kappa shape index (κ3) is 4.76. The van der Waals surface area contributed by atoms with Gasteiger partial charge in [-0.2, -0.15) is 0 Å². The molecule has 0 spiro atoms. The van der Waals surface area contributed by atoms with Crippen LogP contribution in [0.2, 0.25) is 0 Å². The number of aromatic carboxylic acids is 1. The first-order valence-electron chi connectivity index (χ1n) is 9.40. The molecule has 2 amide bonds. The number of hydrogen-bond donors (Lipinski definition) is 2. The molecule has 2 aromatic carbocycles. The van der Waals surface area contributed by atoms with E-state index in [0.717, 1.165) is 11.1 Å². The van der Waals surface area contributed by atoms with Crippen LogP contribution in [0.25, 0.3) is 0 Å². The van der Waals surface area contributed by atoms with Crippen LogP contribution in [0.1, 0.15) is 44.7 Å². The number of carbonyl (C=O) groups is 3. The van der Waals surface area contributed by atoms with Gasteiger partial charge in [-0.25, -0.2) is 4.79 Å². The topological polar surface area (TPSA) is 86.7 Å². The van der Waals surface area contributed by atoms with Gasteiger partial charge in [0.2, 0.25) is 5.91 Å². The van der Waals surface area contributed by atoms with Crippen molar-refractivity contribution in [3.63, 3.8) is 0 Å². The van der Waals surface area contributed by atoms with Gasteiger partial charge in [0.25, 0.3) is 5.91 Å². The molecule has 1 heterocycles. The minimum Gasteiger partial charge on any atom is -0.478 e. The smallest absolute Gasteiger partial charge is 0.336 e. The van der Waals surface area contributed by atoms with Gasteiger partial charge >= 0.3 is 5.97 Å². The van der Waals surface area contributed by atoms with Gasteiger partial charge in [-0.05, 0) is 37.5 Å². The molecule has 0 bridgehead atoms. The molecule has 0 atom stereocenters. The summed E-state index contributed by atoms with van der Waals surface area (Å²) in [5, 5.41) is 12.1. The molecule has 1 fully saturated rings. The summed E-state index contributed by atoms with van der Waals surface area (Å²) in [4.78, 5) is 38.1. The fraction of sp³-hybridized carbons (Fsp3) is 0.318. The van der Waals surface area contributed by atoms with E-state index in [2.05, 4.69) is 5.32 Å². The van der Waals surface area contributed by atoms with Gasteiger partial charge in [0.15, 0.2) is 0 Å². The minimum atomic E-state index is -1.12. The summed E-state index contributed by atoms with van der Waals surface area (Å²) in [6.07, 6.45) is 1.69. The van der Waals surface area contributed by atoms with E-state index in [1.807, 2.05) is 36.1 Å². The molecule has 6 nitrogen and oxygen atoms in total. The van der Waals surface area contributed by atoms with Crippen LogP contribution in [-0.4, -0.2) is 46.9 Å². The summed E-state index contributed by atoms with van der Waals surface area (Å²) < 4.78 is 0. The lowest BCUT2D eigenvalue weighted by molar-refractivity contribution is -0.131. The molecule has 28 heavy (non-hydrogen) atoms. The maximum atomic E-state index is 12.5. The van der Waals surface area contributed by atoms with Gasteiger partial charge in [-0.3, -0.25) is 9.59 Å². The van der Waals surface area contributed by atoms with E-state index >= 15 is 0 Å². The first-order valence-corrected chi connectivity index (χ1v) is 9.40. The number of hydrogen-bond acceptors (Lipinski definition) is 3. The van der Waals surface area contributed by atoms with Gasteiger partial charge in [0, 0.05) is 19.1 Å². The maximum absolute atomic E-state index is 12.5. The number of aryl methyl sites for hydroxylation is 1. The van der Waals surface area contributed by atoms with Crippen molar-refractivity contribution in [2.24, 2.45) is 0 Å². The van der Waals surface area contributed by atoms with Crippen LogP contribution in [0.3, 0.4) is 0 Å². The van der Waals surface area contributed by atoms with Gasteiger partial charge < -0.3 is 15.3 Å². The maximum Gasteiger partial charge on any atom is 0.336 e. The van der Waals surface area contributed by atoms with Crippen LogP contribution in [-0.2, 0) is 11.2 Å². The Balaban J connectivity index is 1.52. The van der Waals surface area contributed by atoms with E-state index in [-0.39, 0.29) is 29.0 Å². The van der Waals surface area contributed by atoms with Crippen LogP contribution >= 0.6 is 0 Å². The van der Waals surface area contributed by atoms with Gasteiger partial charge in [0.05, 0.1) is 17.5 Å². The zero-order valence-corrected chi connectivity index (χ0v) is 15.9. The average molecular weight is 380 g/mol. The normalized spacial score (nSPS) is 14.5. The van der Waals surface area contributed by atoms with Crippen LogP contribution in [0, 0.1) is 6.92 Å². The molecular weight excluding hydrogens is 356 g/mol. The van der Waals surface area contributed by atoms with Crippen LogP contribution in [0.5, 0.6) is 0 Å². The minimum absolute atomic E-state index is 0.00860. The van der Waals surface area contributed by atoms with E-state index < -0.39 is 5.97 Å². The van der Waals surface area contributed by atoms with Crippen molar-refractivity contribution in [2.45, 2.75) is 32.2 Å². The van der Waals surface area contributed by atoms with Crippen LogP contribution < -0.4 is 5.32 Å². The number of carboxylic acid groups (broad SMARTS) is 1. The monoisotopic (exact) mass is 380 g/mol. The third-order valence-corrected chi connectivity index (χ3v) is 5.06. The fourth-order valence-electron chi connectivity index (χ4n) is 3.40. The molecule has 0 radical (unpaired) electrons. The Bertz CT molecular complexity index is 868. The number of likely N-dealkylation sites (tertiary alicyclic amines) is 1. The molecule has 1 saturated heterocycles. The molecule has 2 aromatic rings. The van der Waals surface area contributed by atoms with Gasteiger partial charge in [-0.15, -0.1) is 0 Å². The number of carbonyl (C=O) groups excluding carboxylic acids is 2. The Morgan fingerprint density at radius 2 is 1.61 bits per heavy atom. The van der Waals surface area contributed by atoms with Gasteiger partial charge in [-0.1, -0.05) is 42.0 Å². The molecule has 6 heteroatoms. The standard InChI is InChI=1S/C22H24N2O4/c1-15-6-8-16(9-7-15)14-20(25)24-12-10-17(11-13-24)23-21(26)18-4-2-3-5-19(18)22(27)28/h2-9,17H,10-14H2,1H3,(H,23,26)(H,27,28). The van der Waals surface area contributed by atoms with Crippen LogP contribution in [0.15, 0.2) is 48.5 Å². The number of amides is 2. The molecular formula is C22H24N2O4. The predicted octanol–water partition coefficient (Wildman–Crippen LogP) is 2.66. The number of piperidine rings is 1. The average Bonchev–Trinajstić information content (AvgIpc) is 2.70. The predicted molar refractivity (Wildman–Crippen MR) is 105 cm³/mol. The summed E-state index contributed by atoms with van der Waals surface area (Å²) in [6, 6.07) is 14.0. The molecule has 0 aliphatic carbocycles. The highest BCUT2D eigenvalue weighted by molar-refractivity contribution is 6.04. The van der Waals surface area contributed by atoms with E-state index in [4.69, 9.17) is 0 Å². The molecule has 2 N–H and O–H groups in total. The molecule has 3 rings (SSSR count). The molecule has 146 valence electrons. The Morgan fingerprint density at radius 3 is 2.21 bits per heavy atom. The van der Waals surface area contributed by atoms with Gasteiger partial charge in [0.1, 0.15) is 0 Å². The number of benzene rings is 2. The van der Waals surface area contributed by atoms with E-state index in [1.165, 1.54) is 12.1 Å². The van der Waals surface area contributed by atoms with Crippen LogP contribution in [0.4, 0.5) is 0 Å². The Hall–Kier alpha value is -3.15. The van der Waals surface area contributed by atoms with Crippen molar-refractivity contribution >= 4 is 17.8 Å². The van der Waals surface area contributed by atoms with E-state index in [0.29, 0.717) is 32.4 Å². The zero-order valence-electron chi connectivity index (χ0n) is 15.9. The fourth-order valence-corrected chi connectivity index (χ4v) is 3.40. The third-order valence-electron chi connectivity index (χ3n) is 5.06. The number of nitrogens with zero attached hydrogens (tertiary/aromatic N) is 1. The van der Waals surface area contributed by atoms with Crippen molar-refractivity contribution in [1.82, 2.24) is 10.2 Å². The highest BCUT2D eigenvalue weighted by Gasteiger charge is 2.25. The lowest BCUT2D eigenvalue weighted by Gasteiger charge is -2.32. The van der Waals surface area contributed by atoms with Crippen molar-refractivity contribution in [3.8, 4) is 0 Å². The van der Waals surface area contributed by atoms with Crippen molar-refractivity contribution in [1.29, 1.82) is 0 Å². The molecule has 0 aromatic heterocycles. The largest absolute Gasteiger partial charge is 0.478 e. The summed E-state index contributed by atoms with van der Waals surface area (Å²) in [5.74, 6) is -1.42. The van der Waals surface area contributed by atoms with E-state index in [1.54, 1.807) is 12.1 Å². The number of nitrogens with one attached hydrogen (secondary N) is 1. The second-order valence-corrected chi connectivity index (χ2v) is 7.14. The summed E-state index contributed by atoms with van der Waals surface area (Å²) in [6.45, 7) is 3.17. The van der Waals surface area contributed by atoms with Crippen molar-refractivity contribution in [2.75, 3.05) is 13.1 Å². The molecule has 0 unspecified atom stereocenters. The van der Waals surface area contributed by atoms with E-state index in [9.17, 15) is 19.5 Å². The number of carboxylic acids is 1. The SMILES string of the molecule is Cc1ccc(CC(=O)N2CCC(NC(=O)c3ccccc3C(=O)O)CC2)cc1. The Morgan fingerprint density at radius 1 is 1.00 bits per heavy atom. The molecule has 0 saturated carbocycles. The van der Waals surface area contributed by atoms with Crippen molar-refractivity contribution < 1.29 is 19.5 Å². The molecule has 1 aliphatic heterocycles. The highest BCUT2D eigenvalue weighted by atomic mass is 16.4. The number of rotatable bonds is 5. The first-order chi connectivity index (χ1) is 13.4. The first kappa shape index (κ1) is 19.6. The highest BCUT2D eigenvalue weighted by Crippen LogP contribution is 2.15. The summed E-state index contributed by atoms with van der Waals surface area (Å²) >= 11 is 0. The summed E-state index contributed by atoms with van der Waals surface area (Å²) in [7, 11) is 0. The summed E-state index contributed by atoms with van der Waals surface area (Å²) in [5.41, 5.74) is 2.31. The zero-order chi connectivity index (χ0) is 20.1. The second-order valence-electron chi connectivity index (χ2n) is 7.14.